The van der Waals surface area contributed by atoms with Gasteiger partial charge in [-0.05, 0) is 50.3 Å². The molecule has 1 amide bonds. The zero-order valence-corrected chi connectivity index (χ0v) is 16.2. The van der Waals surface area contributed by atoms with Gasteiger partial charge in [-0.1, -0.05) is 48.9 Å². The molecule has 0 unspecified atom stereocenters. The Hall–Kier alpha value is -1.65. The first-order valence-corrected chi connectivity index (χ1v) is 10.1. The van der Waals surface area contributed by atoms with E-state index in [0.29, 0.717) is 12.1 Å². The number of piperidine rings is 1. The predicted molar refractivity (Wildman–Crippen MR) is 108 cm³/mol. The van der Waals surface area contributed by atoms with Crippen LogP contribution >= 0.6 is 0 Å². The summed E-state index contributed by atoms with van der Waals surface area (Å²) in [5, 5.41) is 6.79. The highest BCUT2D eigenvalue weighted by molar-refractivity contribution is 5.72. The van der Waals surface area contributed by atoms with Crippen molar-refractivity contribution < 1.29 is 4.79 Å². The number of carbonyl (C=O) groups is 1. The first-order valence-electron chi connectivity index (χ1n) is 10.1. The molecule has 2 fully saturated rings. The number of nitrogens with zero attached hydrogens (tertiary/aromatic N) is 1. The zero-order valence-electron chi connectivity index (χ0n) is 16.2. The SMILES string of the molecule is CC/C(=C\c1ccccc1)[C@@H]1C[C@H]1NC1CCN(CCNC(C)=O)CC1. The second-order valence-electron chi connectivity index (χ2n) is 7.70. The second kappa shape index (κ2) is 9.33. The van der Waals surface area contributed by atoms with E-state index in [1.807, 2.05) is 0 Å². The van der Waals surface area contributed by atoms with E-state index in [4.69, 9.17) is 0 Å². The first-order chi connectivity index (χ1) is 12.7. The maximum absolute atomic E-state index is 10.9. The average molecular weight is 356 g/mol. The first kappa shape index (κ1) is 19.1. The van der Waals surface area contributed by atoms with Crippen molar-refractivity contribution in [2.45, 2.75) is 51.6 Å². The van der Waals surface area contributed by atoms with Crippen molar-refractivity contribution in [3.05, 3.63) is 41.5 Å². The van der Waals surface area contributed by atoms with Crippen LogP contribution in [0.5, 0.6) is 0 Å². The summed E-state index contributed by atoms with van der Waals surface area (Å²) in [5.74, 6) is 0.787. The van der Waals surface area contributed by atoms with Crippen LogP contribution in [0.4, 0.5) is 0 Å². The molecule has 1 saturated heterocycles. The third-order valence-corrected chi connectivity index (χ3v) is 5.67. The lowest BCUT2D eigenvalue weighted by Gasteiger charge is -2.32. The molecule has 1 aliphatic heterocycles. The van der Waals surface area contributed by atoms with Crippen molar-refractivity contribution in [1.29, 1.82) is 0 Å². The number of nitrogens with one attached hydrogen (secondary N) is 2. The van der Waals surface area contributed by atoms with Crippen molar-refractivity contribution in [2.24, 2.45) is 5.92 Å². The monoisotopic (exact) mass is 355 g/mol. The predicted octanol–water partition coefficient (Wildman–Crippen LogP) is 3.06. The summed E-state index contributed by atoms with van der Waals surface area (Å²) in [6, 6.07) is 12.0. The van der Waals surface area contributed by atoms with Crippen molar-refractivity contribution in [1.82, 2.24) is 15.5 Å². The standard InChI is InChI=1S/C22H33N3O/c1-3-19(15-18-7-5-4-6-8-18)21-16-22(21)24-20-9-12-25(13-10-20)14-11-23-17(2)26/h4-8,15,20-22,24H,3,9-14,16H2,1-2H3,(H,23,26)/b19-15+/t21-,22+/m0/s1. The molecule has 1 saturated carbocycles. The third-order valence-electron chi connectivity index (χ3n) is 5.67. The van der Waals surface area contributed by atoms with E-state index in [-0.39, 0.29) is 5.91 Å². The Morgan fingerprint density at radius 2 is 1.96 bits per heavy atom. The minimum atomic E-state index is 0.0663. The normalized spacial score (nSPS) is 24.5. The molecule has 3 rings (SSSR count). The van der Waals surface area contributed by atoms with Gasteiger partial charge in [0.2, 0.25) is 5.91 Å². The van der Waals surface area contributed by atoms with Crippen LogP contribution in [0.3, 0.4) is 0 Å². The fourth-order valence-corrected chi connectivity index (χ4v) is 4.04. The summed E-state index contributed by atoms with van der Waals surface area (Å²) in [7, 11) is 0. The van der Waals surface area contributed by atoms with E-state index < -0.39 is 0 Å². The highest BCUT2D eigenvalue weighted by Crippen LogP contribution is 2.40. The van der Waals surface area contributed by atoms with E-state index >= 15 is 0 Å². The van der Waals surface area contributed by atoms with Crippen LogP contribution < -0.4 is 10.6 Å². The Balaban J connectivity index is 1.40. The van der Waals surface area contributed by atoms with Gasteiger partial charge in [0.25, 0.3) is 0 Å². The van der Waals surface area contributed by atoms with Gasteiger partial charge < -0.3 is 15.5 Å². The third kappa shape index (κ3) is 5.68. The molecule has 2 aliphatic rings. The summed E-state index contributed by atoms with van der Waals surface area (Å²) in [6.07, 6.45) is 7.24. The van der Waals surface area contributed by atoms with Crippen molar-refractivity contribution in [3.8, 4) is 0 Å². The van der Waals surface area contributed by atoms with E-state index in [9.17, 15) is 4.79 Å². The van der Waals surface area contributed by atoms with Crippen LogP contribution in [0.25, 0.3) is 6.08 Å². The molecular weight excluding hydrogens is 322 g/mol. The van der Waals surface area contributed by atoms with Gasteiger partial charge in [-0.25, -0.2) is 0 Å². The number of hydrogen-bond donors (Lipinski definition) is 2. The quantitative estimate of drug-likeness (QED) is 0.753. The van der Waals surface area contributed by atoms with Crippen LogP contribution in [-0.4, -0.2) is 49.1 Å². The maximum atomic E-state index is 10.9. The highest BCUT2D eigenvalue weighted by Gasteiger charge is 2.40. The Labute approximate surface area is 158 Å². The van der Waals surface area contributed by atoms with Crippen molar-refractivity contribution in [3.63, 3.8) is 0 Å². The molecule has 2 N–H and O–H groups in total. The number of benzene rings is 1. The molecule has 2 atom stereocenters. The Kier molecular flexibility index (Phi) is 6.86. The Morgan fingerprint density at radius 1 is 1.23 bits per heavy atom. The lowest BCUT2D eigenvalue weighted by atomic mass is 10.0. The molecule has 1 aromatic carbocycles. The summed E-state index contributed by atoms with van der Waals surface area (Å²) in [4.78, 5) is 13.4. The zero-order chi connectivity index (χ0) is 18.4. The van der Waals surface area contributed by atoms with Gasteiger partial charge in [-0.15, -0.1) is 0 Å². The van der Waals surface area contributed by atoms with Gasteiger partial charge in [0, 0.05) is 32.1 Å². The number of amides is 1. The number of carbonyl (C=O) groups excluding carboxylic acids is 1. The summed E-state index contributed by atoms with van der Waals surface area (Å²) >= 11 is 0. The number of likely N-dealkylation sites (tertiary alicyclic amines) is 1. The molecular formula is C22H33N3O. The summed E-state index contributed by atoms with van der Waals surface area (Å²) < 4.78 is 0. The van der Waals surface area contributed by atoms with Gasteiger partial charge in [0.15, 0.2) is 0 Å². The van der Waals surface area contributed by atoms with Crippen LogP contribution in [0.1, 0.15) is 45.1 Å². The van der Waals surface area contributed by atoms with Gasteiger partial charge in [-0.2, -0.15) is 0 Å². The average Bonchev–Trinajstić information content (AvgIpc) is 3.40. The van der Waals surface area contributed by atoms with Crippen LogP contribution in [0, 0.1) is 5.92 Å². The van der Waals surface area contributed by atoms with E-state index in [2.05, 4.69) is 58.9 Å². The van der Waals surface area contributed by atoms with Gasteiger partial charge in [0.05, 0.1) is 0 Å². The largest absolute Gasteiger partial charge is 0.355 e. The van der Waals surface area contributed by atoms with E-state index in [1.54, 1.807) is 12.5 Å². The minimum absolute atomic E-state index is 0.0663. The molecule has 0 spiro atoms. The second-order valence-corrected chi connectivity index (χ2v) is 7.70. The maximum Gasteiger partial charge on any atom is 0.216 e. The fraction of sp³-hybridized carbons (Fsp3) is 0.591. The van der Waals surface area contributed by atoms with Gasteiger partial charge >= 0.3 is 0 Å². The van der Waals surface area contributed by atoms with Gasteiger partial charge in [-0.3, -0.25) is 4.79 Å². The molecule has 1 aliphatic carbocycles. The van der Waals surface area contributed by atoms with Gasteiger partial charge in [0.1, 0.15) is 0 Å². The molecule has 0 aromatic heterocycles. The molecule has 26 heavy (non-hydrogen) atoms. The fourth-order valence-electron chi connectivity index (χ4n) is 4.04. The Bertz CT molecular complexity index is 605. The van der Waals surface area contributed by atoms with Crippen molar-refractivity contribution >= 4 is 12.0 Å². The highest BCUT2D eigenvalue weighted by atomic mass is 16.1. The molecule has 0 bridgehead atoms. The Morgan fingerprint density at radius 3 is 2.62 bits per heavy atom. The van der Waals surface area contributed by atoms with E-state index in [1.165, 1.54) is 24.8 Å². The molecule has 1 heterocycles. The number of hydrogen-bond acceptors (Lipinski definition) is 3. The minimum Gasteiger partial charge on any atom is -0.355 e. The number of rotatable bonds is 8. The van der Waals surface area contributed by atoms with E-state index in [0.717, 1.165) is 38.5 Å². The van der Waals surface area contributed by atoms with Crippen LogP contribution in [0.2, 0.25) is 0 Å². The molecule has 142 valence electrons. The lowest BCUT2D eigenvalue weighted by molar-refractivity contribution is -0.119. The topological polar surface area (TPSA) is 44.4 Å². The van der Waals surface area contributed by atoms with Crippen LogP contribution in [-0.2, 0) is 4.79 Å². The van der Waals surface area contributed by atoms with Crippen molar-refractivity contribution in [2.75, 3.05) is 26.2 Å². The molecule has 4 heteroatoms. The molecule has 1 aromatic rings. The summed E-state index contributed by atoms with van der Waals surface area (Å²) in [5.41, 5.74) is 2.91. The molecule has 4 nitrogen and oxygen atoms in total. The van der Waals surface area contributed by atoms with Crippen LogP contribution in [0.15, 0.2) is 35.9 Å². The lowest BCUT2D eigenvalue weighted by Crippen LogP contribution is -2.45. The molecule has 0 radical (unpaired) electrons. The summed E-state index contributed by atoms with van der Waals surface area (Å²) in [6.45, 7) is 7.86. The smallest absolute Gasteiger partial charge is 0.216 e.